The molecule has 3 heteroatoms. The van der Waals surface area contributed by atoms with Crippen LogP contribution in [-0.2, 0) is 14.3 Å². The summed E-state index contributed by atoms with van der Waals surface area (Å²) in [5, 5.41) is 0. The number of ketones is 1. The van der Waals surface area contributed by atoms with Gasteiger partial charge < -0.3 is 4.74 Å². The molecule has 0 spiro atoms. The number of ether oxygens (including phenoxy) is 1. The second kappa shape index (κ2) is 6.31. The highest BCUT2D eigenvalue weighted by atomic mass is 16.5. The van der Waals surface area contributed by atoms with Crippen LogP contribution < -0.4 is 0 Å². The Morgan fingerprint density at radius 1 is 1.25 bits per heavy atom. The molecule has 0 N–H and O–H groups in total. The van der Waals surface area contributed by atoms with Gasteiger partial charge in [0.2, 0.25) is 0 Å². The molecule has 0 bridgehead atoms. The topological polar surface area (TPSA) is 43.4 Å². The van der Waals surface area contributed by atoms with E-state index in [2.05, 4.69) is 26.5 Å². The van der Waals surface area contributed by atoms with Crippen LogP contribution in [0.3, 0.4) is 0 Å². The highest BCUT2D eigenvalue weighted by Gasteiger charge is 2.58. The van der Waals surface area contributed by atoms with Crippen molar-refractivity contribution in [2.75, 3.05) is 7.11 Å². The Balaban J connectivity index is 1.83. The zero-order chi connectivity index (χ0) is 17.5. The van der Waals surface area contributed by atoms with Gasteiger partial charge in [0.25, 0.3) is 0 Å². The minimum atomic E-state index is -0.343. The first kappa shape index (κ1) is 17.7. The number of fused-ring (bicyclic) bond motifs is 3. The number of carbonyl (C=O) groups is 2. The first-order valence-corrected chi connectivity index (χ1v) is 9.59. The van der Waals surface area contributed by atoms with E-state index < -0.39 is 0 Å². The summed E-state index contributed by atoms with van der Waals surface area (Å²) in [5.41, 5.74) is 0.0251. The van der Waals surface area contributed by atoms with E-state index in [1.165, 1.54) is 26.4 Å². The third kappa shape index (κ3) is 2.55. The van der Waals surface area contributed by atoms with Gasteiger partial charge in [0, 0.05) is 18.3 Å². The van der Waals surface area contributed by atoms with Gasteiger partial charge in [0.1, 0.15) is 5.78 Å². The molecule has 6 unspecified atom stereocenters. The van der Waals surface area contributed by atoms with Gasteiger partial charge in [-0.25, -0.2) is 0 Å². The Hall–Kier alpha value is -1.12. The second-order valence-corrected chi connectivity index (χ2v) is 8.80. The summed E-state index contributed by atoms with van der Waals surface area (Å²) >= 11 is 0. The molecule has 0 radical (unpaired) electrons. The molecule has 3 nitrogen and oxygen atoms in total. The maximum atomic E-state index is 12.8. The number of methoxy groups -OCH3 is 1. The Morgan fingerprint density at radius 3 is 2.67 bits per heavy atom. The molecule has 3 aliphatic carbocycles. The molecule has 3 aliphatic rings. The summed E-state index contributed by atoms with van der Waals surface area (Å²) in [7, 11) is 1.43. The Kier molecular flexibility index (Phi) is 4.65. The summed E-state index contributed by atoms with van der Waals surface area (Å²) in [6.45, 7) is 8.65. The van der Waals surface area contributed by atoms with Crippen molar-refractivity contribution in [3.8, 4) is 0 Å². The predicted octanol–water partition coefficient (Wildman–Crippen LogP) is 4.55. The largest absolute Gasteiger partial charge is 0.469 e. The van der Waals surface area contributed by atoms with Gasteiger partial charge in [-0.2, -0.15) is 0 Å². The van der Waals surface area contributed by atoms with Crippen LogP contribution in [0, 0.1) is 34.5 Å². The normalized spacial score (nSPS) is 44.5. The Morgan fingerprint density at radius 2 is 2.00 bits per heavy atom. The molecular weight excluding hydrogens is 300 g/mol. The molecule has 24 heavy (non-hydrogen) atoms. The van der Waals surface area contributed by atoms with Crippen LogP contribution in [0.5, 0.6) is 0 Å². The van der Waals surface area contributed by atoms with Crippen LogP contribution in [-0.4, -0.2) is 18.9 Å². The van der Waals surface area contributed by atoms with E-state index in [1.54, 1.807) is 0 Å². The van der Waals surface area contributed by atoms with Crippen molar-refractivity contribution >= 4 is 11.8 Å². The van der Waals surface area contributed by atoms with E-state index in [1.807, 2.05) is 0 Å². The minimum absolute atomic E-state index is 0.195. The zero-order valence-corrected chi connectivity index (χ0v) is 15.5. The molecule has 3 fully saturated rings. The summed E-state index contributed by atoms with van der Waals surface area (Å²) in [6, 6.07) is 0. The molecule has 3 rings (SSSR count). The van der Waals surface area contributed by atoms with Crippen LogP contribution in [0.1, 0.15) is 65.2 Å². The lowest BCUT2D eigenvalue weighted by atomic mass is 9.48. The summed E-state index contributed by atoms with van der Waals surface area (Å²) in [4.78, 5) is 24.4. The molecule has 0 aromatic rings. The Bertz CT molecular complexity index is 539. The monoisotopic (exact) mass is 332 g/mol. The fourth-order valence-electron chi connectivity index (χ4n) is 6.49. The predicted molar refractivity (Wildman–Crippen MR) is 94.3 cm³/mol. The van der Waals surface area contributed by atoms with Crippen LogP contribution in [0.4, 0.5) is 0 Å². The molecule has 0 aromatic carbocycles. The number of hydrogen-bond acceptors (Lipinski definition) is 3. The second-order valence-electron chi connectivity index (χ2n) is 8.80. The highest BCUT2D eigenvalue weighted by Crippen LogP contribution is 2.64. The third-order valence-electron chi connectivity index (χ3n) is 8.03. The van der Waals surface area contributed by atoms with Gasteiger partial charge in [-0.1, -0.05) is 19.9 Å². The quantitative estimate of drug-likeness (QED) is 0.560. The maximum Gasteiger partial charge on any atom is 0.305 e. The molecule has 3 saturated carbocycles. The lowest BCUT2D eigenvalue weighted by Crippen LogP contribution is -2.52. The average Bonchev–Trinajstić information content (AvgIpc) is 2.92. The van der Waals surface area contributed by atoms with Gasteiger partial charge in [-0.15, -0.1) is 6.58 Å². The first-order chi connectivity index (χ1) is 11.4. The van der Waals surface area contributed by atoms with E-state index in [9.17, 15) is 9.59 Å². The van der Waals surface area contributed by atoms with Crippen LogP contribution >= 0.6 is 0 Å². The number of allylic oxidation sites excluding steroid dienone is 1. The van der Waals surface area contributed by atoms with Crippen molar-refractivity contribution in [3.05, 3.63) is 12.7 Å². The van der Waals surface area contributed by atoms with Crippen molar-refractivity contribution in [2.24, 2.45) is 34.5 Å². The summed E-state index contributed by atoms with van der Waals surface area (Å²) in [6.07, 6.45) is 9.74. The van der Waals surface area contributed by atoms with Crippen LogP contribution in [0.2, 0.25) is 0 Å². The maximum absolute atomic E-state index is 12.8. The van der Waals surface area contributed by atoms with E-state index in [4.69, 9.17) is 4.74 Å². The van der Waals surface area contributed by atoms with Crippen LogP contribution in [0.25, 0.3) is 0 Å². The van der Waals surface area contributed by atoms with Gasteiger partial charge in [0.15, 0.2) is 0 Å². The molecule has 0 saturated heterocycles. The SMILES string of the molecule is C=CC1CCC2C3CCC(=O)C(C)(CCC(=O)OC)C3CCC12C. The number of hydrogen-bond donors (Lipinski definition) is 0. The molecule has 0 aliphatic heterocycles. The van der Waals surface area contributed by atoms with E-state index in [0.717, 1.165) is 12.8 Å². The molecular formula is C21H32O3. The molecule has 134 valence electrons. The first-order valence-electron chi connectivity index (χ1n) is 9.59. The number of Topliss-reactive ketones (excluding diaryl/α,β-unsaturated/α-hetero) is 1. The van der Waals surface area contributed by atoms with Crippen molar-refractivity contribution in [1.29, 1.82) is 0 Å². The number of esters is 1. The van der Waals surface area contributed by atoms with Gasteiger partial charge in [0.05, 0.1) is 7.11 Å². The van der Waals surface area contributed by atoms with Crippen molar-refractivity contribution in [3.63, 3.8) is 0 Å². The zero-order valence-electron chi connectivity index (χ0n) is 15.5. The lowest BCUT2D eigenvalue weighted by Gasteiger charge is -2.55. The van der Waals surface area contributed by atoms with Crippen molar-refractivity contribution in [1.82, 2.24) is 0 Å². The highest BCUT2D eigenvalue weighted by molar-refractivity contribution is 5.86. The van der Waals surface area contributed by atoms with Gasteiger partial charge in [-0.05, 0) is 67.6 Å². The fourth-order valence-corrected chi connectivity index (χ4v) is 6.49. The lowest BCUT2D eigenvalue weighted by molar-refractivity contribution is -0.149. The number of rotatable bonds is 4. The van der Waals surface area contributed by atoms with Gasteiger partial charge in [-0.3, -0.25) is 9.59 Å². The molecule has 6 atom stereocenters. The van der Waals surface area contributed by atoms with E-state index in [0.29, 0.717) is 54.1 Å². The van der Waals surface area contributed by atoms with E-state index >= 15 is 0 Å². The van der Waals surface area contributed by atoms with Crippen LogP contribution in [0.15, 0.2) is 12.7 Å². The van der Waals surface area contributed by atoms with Crippen molar-refractivity contribution < 1.29 is 14.3 Å². The molecule has 0 aromatic heterocycles. The van der Waals surface area contributed by atoms with E-state index in [-0.39, 0.29) is 11.4 Å². The van der Waals surface area contributed by atoms with Gasteiger partial charge >= 0.3 is 5.97 Å². The molecule has 0 heterocycles. The van der Waals surface area contributed by atoms with Crippen molar-refractivity contribution in [2.45, 2.75) is 65.2 Å². The fraction of sp³-hybridized carbons (Fsp3) is 0.810. The minimum Gasteiger partial charge on any atom is -0.469 e. The summed E-state index contributed by atoms with van der Waals surface area (Å²) in [5.74, 6) is 2.58. The Labute approximate surface area is 146 Å². The smallest absolute Gasteiger partial charge is 0.305 e. The summed E-state index contributed by atoms with van der Waals surface area (Å²) < 4.78 is 4.81. The number of carbonyl (C=O) groups excluding carboxylic acids is 2. The standard InChI is InChI=1S/C21H32O3/c1-5-14-6-8-16-15-7-9-18(22)21(3,13-11-19(23)24-4)17(15)10-12-20(14,16)2/h5,14-17H,1,6-13H2,2-4H3. The molecule has 0 amide bonds. The average molecular weight is 332 g/mol. The third-order valence-corrected chi connectivity index (χ3v) is 8.03.